The Bertz CT molecular complexity index is 2550. The minimum absolute atomic E-state index is 0.162. The van der Waals surface area contributed by atoms with Gasteiger partial charge in [0, 0.05) is 10.8 Å². The SMILES string of the molecule is CC(C)(c1ccc(OC(F)(F)F)c(OC(F)(F)F)c1)C(Cc1ccc(F)c(Oc2ccccc2)c1)OC(Cc1ccc(F)c(Oc2ccccc2)c1)C(C)(C)c1ccc(OC(F)(F)F)c(OC(F)(F)F)c1. The number of halogens is 14. The number of hydrogen-bond donors (Lipinski definition) is 0. The molecule has 7 nitrogen and oxygen atoms in total. The smallest absolute Gasteiger partial charge is 0.454 e. The molecular weight excluding hydrogens is 979 g/mol. The van der Waals surface area contributed by atoms with Crippen LogP contribution in [-0.2, 0) is 28.4 Å². The van der Waals surface area contributed by atoms with Crippen molar-refractivity contribution >= 4 is 0 Å². The Morgan fingerprint density at radius 1 is 0.366 bits per heavy atom. The Balaban J connectivity index is 1.53. The molecule has 6 rings (SSSR count). The predicted molar refractivity (Wildman–Crippen MR) is 228 cm³/mol. The maximum Gasteiger partial charge on any atom is 0.573 e. The molecule has 0 saturated carbocycles. The molecule has 0 aliphatic rings. The Labute approximate surface area is 396 Å². The summed E-state index contributed by atoms with van der Waals surface area (Å²) in [6, 6.07) is 27.6. The van der Waals surface area contributed by atoms with Crippen LogP contribution in [0.15, 0.2) is 133 Å². The van der Waals surface area contributed by atoms with Gasteiger partial charge in [0.15, 0.2) is 46.1 Å². The third-order valence-electron chi connectivity index (χ3n) is 11.0. The molecular formula is C50H40F14O7. The highest BCUT2D eigenvalue weighted by atomic mass is 19.4. The number of ether oxygens (including phenoxy) is 7. The number of alkyl halides is 12. The van der Waals surface area contributed by atoms with E-state index in [4.69, 9.17) is 14.2 Å². The van der Waals surface area contributed by atoms with Crippen molar-refractivity contribution < 1.29 is 94.6 Å². The second kappa shape index (κ2) is 20.8. The largest absolute Gasteiger partial charge is 0.573 e. The van der Waals surface area contributed by atoms with Crippen LogP contribution >= 0.6 is 0 Å². The third kappa shape index (κ3) is 15.1. The first-order valence-electron chi connectivity index (χ1n) is 20.9. The van der Waals surface area contributed by atoms with Crippen molar-refractivity contribution in [1.29, 1.82) is 0 Å². The molecule has 6 aromatic rings. The van der Waals surface area contributed by atoms with E-state index in [-0.39, 0.29) is 58.1 Å². The van der Waals surface area contributed by atoms with Gasteiger partial charge in [0.05, 0.1) is 12.2 Å². The molecule has 2 unspecified atom stereocenters. The third-order valence-corrected chi connectivity index (χ3v) is 11.0. The summed E-state index contributed by atoms with van der Waals surface area (Å²) in [5.41, 5.74) is -3.17. The molecule has 2 atom stereocenters. The van der Waals surface area contributed by atoms with E-state index in [9.17, 15) is 52.7 Å². The monoisotopic (exact) mass is 1020 g/mol. The summed E-state index contributed by atoms with van der Waals surface area (Å²) in [6.45, 7) is 5.69. The molecule has 6 aromatic carbocycles. The topological polar surface area (TPSA) is 64.6 Å². The van der Waals surface area contributed by atoms with Crippen molar-refractivity contribution in [3.63, 3.8) is 0 Å². The van der Waals surface area contributed by atoms with Gasteiger partial charge in [-0.25, -0.2) is 8.78 Å². The maximum atomic E-state index is 15.3. The van der Waals surface area contributed by atoms with E-state index in [1.807, 2.05) is 0 Å². The zero-order valence-electron chi connectivity index (χ0n) is 37.4. The Morgan fingerprint density at radius 2 is 0.690 bits per heavy atom. The quantitative estimate of drug-likeness (QED) is 0.0795. The lowest BCUT2D eigenvalue weighted by molar-refractivity contribution is -0.287. The molecule has 0 saturated heterocycles. The molecule has 0 aromatic heterocycles. The number of rotatable bonds is 18. The second-order valence-corrected chi connectivity index (χ2v) is 16.8. The number of para-hydroxylation sites is 2. The van der Waals surface area contributed by atoms with Gasteiger partial charge in [0.2, 0.25) is 0 Å². The van der Waals surface area contributed by atoms with Crippen LogP contribution in [0.25, 0.3) is 0 Å². The first kappa shape index (κ1) is 53.5. The molecule has 0 aliphatic carbocycles. The van der Waals surface area contributed by atoms with E-state index in [0.29, 0.717) is 24.3 Å². The van der Waals surface area contributed by atoms with E-state index in [1.54, 1.807) is 36.4 Å². The molecule has 0 radical (unpaired) electrons. The highest BCUT2D eigenvalue weighted by Crippen LogP contribution is 2.45. The molecule has 21 heteroatoms. The van der Waals surface area contributed by atoms with Crippen LogP contribution in [0.4, 0.5) is 61.5 Å². The molecule has 0 heterocycles. The minimum Gasteiger partial charge on any atom is -0.454 e. The minimum atomic E-state index is -5.53. The van der Waals surface area contributed by atoms with Crippen molar-refractivity contribution in [2.75, 3.05) is 0 Å². The molecule has 0 bridgehead atoms. The average molecular weight is 1020 g/mol. The highest BCUT2D eigenvalue weighted by Gasteiger charge is 2.44. The zero-order valence-corrected chi connectivity index (χ0v) is 37.4. The van der Waals surface area contributed by atoms with Crippen LogP contribution in [0.1, 0.15) is 49.9 Å². The van der Waals surface area contributed by atoms with E-state index >= 15 is 8.78 Å². The van der Waals surface area contributed by atoms with Gasteiger partial charge in [-0.2, -0.15) is 0 Å². The van der Waals surface area contributed by atoms with E-state index in [2.05, 4.69) is 18.9 Å². The van der Waals surface area contributed by atoms with E-state index in [1.165, 1.54) is 76.2 Å². The Kier molecular flexibility index (Phi) is 15.7. The summed E-state index contributed by atoms with van der Waals surface area (Å²) in [5, 5.41) is 0. The average Bonchev–Trinajstić information content (AvgIpc) is 3.25. The fraction of sp³-hybridized carbons (Fsp3) is 0.280. The standard InChI is InChI=1S/C50H40F14O7/c1-45(2,31-17-21-37(68-47(53,54)55)41(27-31)70-49(59,60)61)43(25-29-15-19-35(51)39(23-29)65-33-11-7-5-8-12-33)67-44(26-30-16-20-36(52)40(24-30)66-34-13-9-6-10-14-34)46(3,4)32-18-22-38(69-48(56,57)58)42(28-32)71-50(62,63)64/h5-24,27-28,43-44H,25-26H2,1-4H3. The van der Waals surface area contributed by atoms with Gasteiger partial charge in [-0.15, -0.1) is 52.7 Å². The molecule has 0 N–H and O–H groups in total. The first-order chi connectivity index (χ1) is 32.9. The van der Waals surface area contributed by atoms with Crippen molar-refractivity contribution in [1.82, 2.24) is 0 Å². The molecule has 0 fully saturated rings. The molecule has 0 spiro atoms. The lowest BCUT2D eigenvalue weighted by Gasteiger charge is -2.43. The zero-order chi connectivity index (χ0) is 52.2. The molecule has 71 heavy (non-hydrogen) atoms. The van der Waals surface area contributed by atoms with E-state index < -0.39 is 83.1 Å². The maximum absolute atomic E-state index is 15.3. The van der Waals surface area contributed by atoms with Crippen LogP contribution in [0.2, 0.25) is 0 Å². The van der Waals surface area contributed by atoms with Crippen LogP contribution in [0, 0.1) is 11.6 Å². The van der Waals surface area contributed by atoms with Gasteiger partial charge < -0.3 is 33.2 Å². The first-order valence-corrected chi connectivity index (χ1v) is 20.9. The number of benzene rings is 6. The highest BCUT2D eigenvalue weighted by molar-refractivity contribution is 5.48. The molecule has 0 aliphatic heterocycles. The summed E-state index contributed by atoms with van der Waals surface area (Å²) >= 11 is 0. The number of hydrogen-bond acceptors (Lipinski definition) is 7. The summed E-state index contributed by atoms with van der Waals surface area (Å²) < 4.78 is 228. The van der Waals surface area contributed by atoms with Crippen molar-refractivity contribution in [3.8, 4) is 46.0 Å². The van der Waals surface area contributed by atoms with Crippen LogP contribution < -0.4 is 28.4 Å². The second-order valence-electron chi connectivity index (χ2n) is 16.8. The Morgan fingerprint density at radius 3 is 1.01 bits per heavy atom. The van der Waals surface area contributed by atoms with Gasteiger partial charge >= 0.3 is 25.4 Å². The van der Waals surface area contributed by atoms with Crippen molar-refractivity contribution in [2.45, 2.75) is 89.0 Å². The van der Waals surface area contributed by atoms with Crippen molar-refractivity contribution in [2.24, 2.45) is 0 Å². The van der Waals surface area contributed by atoms with Crippen LogP contribution in [-0.4, -0.2) is 37.7 Å². The van der Waals surface area contributed by atoms with Gasteiger partial charge in [-0.3, -0.25) is 0 Å². The molecule has 0 amide bonds. The summed E-state index contributed by atoms with van der Waals surface area (Å²) in [4.78, 5) is 0. The predicted octanol–water partition coefficient (Wildman–Crippen LogP) is 15.6. The summed E-state index contributed by atoms with van der Waals surface area (Å²) in [5.74, 6) is -7.39. The molecule has 380 valence electrons. The van der Waals surface area contributed by atoms with Gasteiger partial charge in [-0.1, -0.05) is 88.4 Å². The van der Waals surface area contributed by atoms with Gasteiger partial charge in [-0.05, 0) is 108 Å². The fourth-order valence-electron chi connectivity index (χ4n) is 7.33. The fourth-order valence-corrected chi connectivity index (χ4v) is 7.33. The van der Waals surface area contributed by atoms with Crippen LogP contribution in [0.5, 0.6) is 46.0 Å². The van der Waals surface area contributed by atoms with Gasteiger partial charge in [0.25, 0.3) is 0 Å². The van der Waals surface area contributed by atoms with Crippen LogP contribution in [0.3, 0.4) is 0 Å². The Hall–Kier alpha value is -6.90. The van der Waals surface area contributed by atoms with E-state index in [0.717, 1.165) is 24.3 Å². The normalized spacial score (nSPS) is 13.5. The van der Waals surface area contributed by atoms with Crippen molar-refractivity contribution in [3.05, 3.63) is 167 Å². The lowest BCUT2D eigenvalue weighted by Crippen LogP contribution is -2.46. The lowest BCUT2D eigenvalue weighted by atomic mass is 9.74. The summed E-state index contributed by atoms with van der Waals surface area (Å²) in [7, 11) is 0. The van der Waals surface area contributed by atoms with Gasteiger partial charge in [0.1, 0.15) is 11.5 Å². The summed E-state index contributed by atoms with van der Waals surface area (Å²) in [6.07, 6.45) is -25.5.